The zero-order valence-corrected chi connectivity index (χ0v) is 20.8. The summed E-state index contributed by atoms with van der Waals surface area (Å²) >= 11 is 1.08. The molecule has 0 fully saturated rings. The fourth-order valence-electron chi connectivity index (χ4n) is 4.10. The van der Waals surface area contributed by atoms with E-state index in [4.69, 9.17) is 0 Å². The van der Waals surface area contributed by atoms with Crippen molar-refractivity contribution in [3.63, 3.8) is 0 Å². The summed E-state index contributed by atoms with van der Waals surface area (Å²) in [7, 11) is -3.46. The Morgan fingerprint density at radius 3 is 2.60 bits per heavy atom. The first-order valence-electron chi connectivity index (χ1n) is 10.7. The van der Waals surface area contributed by atoms with Crippen molar-refractivity contribution in [1.82, 2.24) is 14.5 Å². The summed E-state index contributed by atoms with van der Waals surface area (Å²) < 4.78 is 52.8. The van der Waals surface area contributed by atoms with E-state index in [0.717, 1.165) is 29.7 Å². The molecule has 1 atom stereocenters. The first-order chi connectivity index (χ1) is 16.4. The van der Waals surface area contributed by atoms with Crippen LogP contribution in [-0.4, -0.2) is 58.5 Å². The van der Waals surface area contributed by atoms with Gasteiger partial charge in [0.25, 0.3) is 5.91 Å². The lowest BCUT2D eigenvalue weighted by molar-refractivity contribution is 0.0609. The van der Waals surface area contributed by atoms with Crippen molar-refractivity contribution in [2.45, 2.75) is 32.4 Å². The maximum atomic E-state index is 14.0. The number of carbonyl (C=O) groups excluding carboxylic acids is 1. The zero-order chi connectivity index (χ0) is 25.7. The molecule has 0 saturated heterocycles. The number of carbonyl (C=O) groups is 1. The molecule has 0 bridgehead atoms. The first-order valence-corrected chi connectivity index (χ1v) is 13.6. The fraction of sp³-hybridized carbons (Fsp3) is 0.348. The van der Waals surface area contributed by atoms with Gasteiger partial charge in [-0.15, -0.1) is 11.3 Å². The number of hydrogen-bond donors (Lipinski definition) is 1. The number of rotatable bonds is 6. The van der Waals surface area contributed by atoms with Crippen LogP contribution in [0.25, 0.3) is 10.6 Å². The van der Waals surface area contributed by atoms with E-state index in [9.17, 15) is 31.9 Å². The lowest BCUT2D eigenvalue weighted by Gasteiger charge is -2.38. The Morgan fingerprint density at radius 2 is 1.97 bits per heavy atom. The van der Waals surface area contributed by atoms with Crippen molar-refractivity contribution in [3.05, 3.63) is 68.6 Å². The maximum Gasteiger partial charge on any atom is 0.274 e. The Labute approximate surface area is 204 Å². The molecular weight excluding hydrogens is 500 g/mol. The minimum atomic E-state index is -3.46. The highest BCUT2D eigenvalue weighted by Crippen LogP contribution is 2.32. The summed E-state index contributed by atoms with van der Waals surface area (Å²) in [5.74, 6) is -3.05. The first kappa shape index (κ1) is 25.0. The lowest BCUT2D eigenvalue weighted by Crippen LogP contribution is -2.49. The molecule has 35 heavy (non-hydrogen) atoms. The lowest BCUT2D eigenvalue weighted by atomic mass is 10.1. The molecule has 0 aliphatic carbocycles. The summed E-state index contributed by atoms with van der Waals surface area (Å²) in [6.45, 7) is 3.61. The second kappa shape index (κ2) is 9.15. The molecule has 1 aliphatic heterocycles. The number of amides is 1. The highest BCUT2D eigenvalue weighted by atomic mass is 32.2. The monoisotopic (exact) mass is 523 g/mol. The molecule has 1 amide bonds. The topological polar surface area (TPSA) is 110 Å². The SMILES string of the molecule is CC(C)N1CC(CS(C)(=O)=O)n2cc(-c3ncc(Cc4ccc(F)cc4F)s3)c(=O)c(O)c2C1=O. The van der Waals surface area contributed by atoms with Crippen LogP contribution in [0, 0.1) is 11.6 Å². The fourth-order valence-corrected chi connectivity index (χ4v) is 6.01. The standard InChI is InChI=1S/C23H23F2N3O5S2/c1-12(2)27-9-15(11-35(3,32)33)28-10-17(20(29)21(30)19(28)23(27)31)22-26-8-16(34-22)6-13-4-5-14(24)7-18(13)25/h4-5,7-8,10,12,15,30H,6,9,11H2,1-3H3. The molecule has 3 aromatic rings. The van der Waals surface area contributed by atoms with E-state index in [1.54, 1.807) is 13.8 Å². The van der Waals surface area contributed by atoms with Crippen molar-refractivity contribution < 1.29 is 27.1 Å². The highest BCUT2D eigenvalue weighted by Gasteiger charge is 2.37. The Bertz CT molecular complexity index is 1480. The number of aromatic hydroxyl groups is 1. The van der Waals surface area contributed by atoms with Crippen molar-refractivity contribution in [3.8, 4) is 16.3 Å². The van der Waals surface area contributed by atoms with E-state index in [1.807, 2.05) is 0 Å². The molecule has 3 heterocycles. The second-order valence-electron chi connectivity index (χ2n) is 8.82. The average Bonchev–Trinajstić information content (AvgIpc) is 3.21. The van der Waals surface area contributed by atoms with E-state index in [2.05, 4.69) is 4.98 Å². The van der Waals surface area contributed by atoms with Gasteiger partial charge in [-0.1, -0.05) is 6.07 Å². The average molecular weight is 524 g/mol. The molecule has 1 aliphatic rings. The number of pyridine rings is 1. The van der Waals surface area contributed by atoms with E-state index in [1.165, 1.54) is 27.9 Å². The van der Waals surface area contributed by atoms with Crippen LogP contribution < -0.4 is 5.43 Å². The normalized spacial score (nSPS) is 16.1. The van der Waals surface area contributed by atoms with Gasteiger partial charge in [-0.25, -0.2) is 22.2 Å². The molecule has 8 nitrogen and oxygen atoms in total. The summed E-state index contributed by atoms with van der Waals surface area (Å²) in [6, 6.07) is 2.25. The van der Waals surface area contributed by atoms with Crippen molar-refractivity contribution in [2.24, 2.45) is 0 Å². The molecular formula is C23H23F2N3O5S2. The summed E-state index contributed by atoms with van der Waals surface area (Å²) in [5.41, 5.74) is -0.842. The van der Waals surface area contributed by atoms with Gasteiger partial charge in [0.15, 0.2) is 11.4 Å². The van der Waals surface area contributed by atoms with Gasteiger partial charge < -0.3 is 14.6 Å². The number of nitrogens with zero attached hydrogens (tertiary/aromatic N) is 3. The maximum absolute atomic E-state index is 14.0. The van der Waals surface area contributed by atoms with E-state index in [0.29, 0.717) is 4.88 Å². The molecule has 4 rings (SSSR count). The molecule has 186 valence electrons. The molecule has 0 radical (unpaired) electrons. The van der Waals surface area contributed by atoms with Gasteiger partial charge in [-0.05, 0) is 25.5 Å². The Hall–Kier alpha value is -3.12. The van der Waals surface area contributed by atoms with Crippen LogP contribution in [0.2, 0.25) is 0 Å². The molecule has 1 aromatic carbocycles. The molecule has 0 saturated carbocycles. The third kappa shape index (κ3) is 4.98. The number of fused-ring (bicyclic) bond motifs is 1. The number of halogens is 2. The van der Waals surface area contributed by atoms with Gasteiger partial charge in [0.1, 0.15) is 26.5 Å². The van der Waals surface area contributed by atoms with Gasteiger partial charge in [0, 0.05) is 48.6 Å². The van der Waals surface area contributed by atoms with Gasteiger partial charge >= 0.3 is 0 Å². The predicted octanol–water partition coefficient (Wildman–Crippen LogP) is 3.00. The Balaban J connectivity index is 1.78. The number of thiazole rings is 1. The molecule has 1 N–H and O–H groups in total. The van der Waals surface area contributed by atoms with E-state index in [-0.39, 0.29) is 46.6 Å². The van der Waals surface area contributed by atoms with Crippen LogP contribution >= 0.6 is 11.3 Å². The minimum Gasteiger partial charge on any atom is -0.503 e. The van der Waals surface area contributed by atoms with E-state index < -0.39 is 44.6 Å². The largest absolute Gasteiger partial charge is 0.503 e. The minimum absolute atomic E-state index is 0.00799. The molecule has 2 aromatic heterocycles. The van der Waals surface area contributed by atoms with Gasteiger partial charge in [-0.2, -0.15) is 0 Å². The summed E-state index contributed by atoms with van der Waals surface area (Å²) in [6.07, 6.45) is 3.99. The zero-order valence-electron chi connectivity index (χ0n) is 19.2. The molecule has 0 spiro atoms. The summed E-state index contributed by atoms with van der Waals surface area (Å²) in [4.78, 5) is 32.3. The van der Waals surface area contributed by atoms with Crippen molar-refractivity contribution in [2.75, 3.05) is 18.6 Å². The van der Waals surface area contributed by atoms with Crippen LogP contribution in [-0.2, 0) is 16.3 Å². The highest BCUT2D eigenvalue weighted by molar-refractivity contribution is 7.90. The van der Waals surface area contributed by atoms with Gasteiger partial charge in [-0.3, -0.25) is 9.59 Å². The van der Waals surface area contributed by atoms with Crippen LogP contribution in [0.5, 0.6) is 5.75 Å². The van der Waals surface area contributed by atoms with Crippen molar-refractivity contribution >= 4 is 27.1 Å². The number of benzene rings is 1. The molecule has 1 unspecified atom stereocenters. The summed E-state index contributed by atoms with van der Waals surface area (Å²) in [5, 5.41) is 11.0. The third-order valence-electron chi connectivity index (χ3n) is 5.76. The van der Waals surface area contributed by atoms with Crippen LogP contribution in [0.1, 0.15) is 40.8 Å². The third-order valence-corrected chi connectivity index (χ3v) is 7.78. The van der Waals surface area contributed by atoms with Crippen LogP contribution in [0.15, 0.2) is 35.4 Å². The predicted molar refractivity (Wildman–Crippen MR) is 128 cm³/mol. The Kier molecular flexibility index (Phi) is 6.54. The smallest absolute Gasteiger partial charge is 0.274 e. The van der Waals surface area contributed by atoms with Crippen molar-refractivity contribution in [1.29, 1.82) is 0 Å². The number of aromatic nitrogens is 2. The van der Waals surface area contributed by atoms with E-state index >= 15 is 0 Å². The number of hydrogen-bond acceptors (Lipinski definition) is 7. The Morgan fingerprint density at radius 1 is 1.26 bits per heavy atom. The molecule has 12 heteroatoms. The van der Waals surface area contributed by atoms with Crippen LogP contribution in [0.4, 0.5) is 8.78 Å². The number of sulfone groups is 1. The quantitative estimate of drug-likeness (QED) is 0.532. The van der Waals surface area contributed by atoms with Gasteiger partial charge in [0.2, 0.25) is 5.43 Å². The second-order valence-corrected chi connectivity index (χ2v) is 12.1. The van der Waals surface area contributed by atoms with Crippen LogP contribution in [0.3, 0.4) is 0 Å². The van der Waals surface area contributed by atoms with Gasteiger partial charge in [0.05, 0.1) is 17.4 Å².